The lowest BCUT2D eigenvalue weighted by Crippen LogP contribution is -2.44. The molecule has 26 heavy (non-hydrogen) atoms. The number of hydrogen-bond donors (Lipinski definition) is 2. The van der Waals surface area contributed by atoms with Crippen LogP contribution in [0.15, 0.2) is 33.8 Å². The summed E-state index contributed by atoms with van der Waals surface area (Å²) in [4.78, 5) is 8.71. The van der Waals surface area contributed by atoms with E-state index in [0.717, 1.165) is 5.56 Å². The number of nitrogens with one attached hydrogen (secondary N) is 2. The Kier molecular flexibility index (Phi) is 5.77. The Bertz CT molecular complexity index is 897. The number of aromatic nitrogens is 2. The molecule has 1 unspecified atom stereocenters. The van der Waals surface area contributed by atoms with Gasteiger partial charge in [0.05, 0.1) is 11.5 Å². The second kappa shape index (κ2) is 8.05. The first-order valence-electron chi connectivity index (χ1n) is 8.29. The van der Waals surface area contributed by atoms with Crippen LogP contribution in [-0.4, -0.2) is 48.6 Å². The quantitative estimate of drug-likeness (QED) is 0.582. The Morgan fingerprint density at radius 2 is 2.31 bits per heavy atom. The molecule has 2 N–H and O–H groups in total. The first kappa shape index (κ1) is 18.7. The number of halogens is 1. The van der Waals surface area contributed by atoms with Gasteiger partial charge in [0.15, 0.2) is 15.8 Å². The largest absolute Gasteiger partial charge is 0.357 e. The number of rotatable bonds is 5. The van der Waals surface area contributed by atoms with Gasteiger partial charge in [0.25, 0.3) is 0 Å². The van der Waals surface area contributed by atoms with Crippen LogP contribution in [0.3, 0.4) is 0 Å². The van der Waals surface area contributed by atoms with Gasteiger partial charge in [0.1, 0.15) is 6.54 Å². The van der Waals surface area contributed by atoms with Crippen LogP contribution in [-0.2, 0) is 16.4 Å². The number of guanidine groups is 1. The summed E-state index contributed by atoms with van der Waals surface area (Å²) in [5, 5.41) is 10.8. The Balaban J connectivity index is 1.66. The molecular weight excluding hydrogens is 378 g/mol. The molecule has 1 saturated heterocycles. The first-order chi connectivity index (χ1) is 12.4. The Labute approximate surface area is 157 Å². The van der Waals surface area contributed by atoms with E-state index in [1.54, 1.807) is 12.1 Å². The van der Waals surface area contributed by atoms with Crippen molar-refractivity contribution in [2.24, 2.45) is 4.99 Å². The van der Waals surface area contributed by atoms with Gasteiger partial charge in [-0.3, -0.25) is 0 Å². The third-order valence-electron chi connectivity index (χ3n) is 3.84. The van der Waals surface area contributed by atoms with Gasteiger partial charge in [-0.25, -0.2) is 13.4 Å². The molecule has 0 aliphatic carbocycles. The van der Waals surface area contributed by atoms with Gasteiger partial charge >= 0.3 is 0 Å². The molecule has 3 rings (SSSR count). The van der Waals surface area contributed by atoms with Gasteiger partial charge in [0, 0.05) is 23.2 Å². The molecule has 0 saturated carbocycles. The molecule has 1 fully saturated rings. The molecule has 1 aliphatic heterocycles. The van der Waals surface area contributed by atoms with Crippen molar-refractivity contribution in [2.45, 2.75) is 25.9 Å². The minimum Gasteiger partial charge on any atom is -0.357 e. The zero-order chi connectivity index (χ0) is 18.6. The third kappa shape index (κ3) is 4.95. The average Bonchev–Trinajstić information content (AvgIpc) is 3.19. The first-order valence-corrected chi connectivity index (χ1v) is 10.5. The van der Waals surface area contributed by atoms with E-state index in [-0.39, 0.29) is 24.1 Å². The topological polar surface area (TPSA) is 109 Å². The number of sulfone groups is 1. The highest BCUT2D eigenvalue weighted by Crippen LogP contribution is 2.20. The van der Waals surface area contributed by atoms with E-state index in [1.165, 1.54) is 0 Å². The maximum Gasteiger partial charge on any atom is 0.248 e. The second-order valence-corrected chi connectivity index (χ2v) is 8.63. The van der Waals surface area contributed by atoms with Crippen molar-refractivity contribution >= 4 is 27.4 Å². The minimum atomic E-state index is -2.95. The van der Waals surface area contributed by atoms with Gasteiger partial charge in [-0.05, 0) is 25.5 Å². The number of nitrogens with zero attached hydrogens (tertiary/aromatic N) is 3. The smallest absolute Gasteiger partial charge is 0.248 e. The summed E-state index contributed by atoms with van der Waals surface area (Å²) in [5.41, 5.74) is 0.762. The summed E-state index contributed by atoms with van der Waals surface area (Å²) in [6, 6.07) is 7.05. The summed E-state index contributed by atoms with van der Waals surface area (Å²) in [6.45, 7) is 2.78. The highest BCUT2D eigenvalue weighted by Gasteiger charge is 2.28. The van der Waals surface area contributed by atoms with E-state index < -0.39 is 9.84 Å². The SMILES string of the molecule is CCNC(=NCc1nc(-c2cccc(Cl)c2)no1)NC1CCS(=O)(=O)C1. The van der Waals surface area contributed by atoms with E-state index in [2.05, 4.69) is 25.8 Å². The average molecular weight is 398 g/mol. The van der Waals surface area contributed by atoms with E-state index >= 15 is 0 Å². The minimum absolute atomic E-state index is 0.122. The van der Waals surface area contributed by atoms with Crippen LogP contribution in [0.5, 0.6) is 0 Å². The summed E-state index contributed by atoms with van der Waals surface area (Å²) in [7, 11) is -2.95. The molecule has 140 valence electrons. The molecule has 0 radical (unpaired) electrons. The van der Waals surface area contributed by atoms with Crippen LogP contribution >= 0.6 is 11.6 Å². The third-order valence-corrected chi connectivity index (χ3v) is 5.84. The van der Waals surface area contributed by atoms with Gasteiger partial charge < -0.3 is 15.2 Å². The summed E-state index contributed by atoms with van der Waals surface area (Å²) < 4.78 is 28.4. The van der Waals surface area contributed by atoms with Crippen molar-refractivity contribution in [2.75, 3.05) is 18.1 Å². The Morgan fingerprint density at radius 3 is 3.00 bits per heavy atom. The van der Waals surface area contributed by atoms with E-state index in [1.807, 2.05) is 19.1 Å². The van der Waals surface area contributed by atoms with Crippen LogP contribution in [0.2, 0.25) is 5.02 Å². The van der Waals surface area contributed by atoms with E-state index in [4.69, 9.17) is 16.1 Å². The molecule has 10 heteroatoms. The molecule has 1 aromatic heterocycles. The maximum atomic E-state index is 11.6. The fourth-order valence-corrected chi connectivity index (χ4v) is 4.50. The molecular formula is C16H20ClN5O3S. The second-order valence-electron chi connectivity index (χ2n) is 5.96. The lowest BCUT2D eigenvalue weighted by atomic mass is 10.2. The number of aliphatic imine (C=N–C) groups is 1. The highest BCUT2D eigenvalue weighted by atomic mass is 35.5. The predicted molar refractivity (Wildman–Crippen MR) is 99.8 cm³/mol. The molecule has 0 amide bonds. The van der Waals surface area contributed by atoms with Crippen LogP contribution in [0.1, 0.15) is 19.2 Å². The van der Waals surface area contributed by atoms with Crippen molar-refractivity contribution in [3.05, 3.63) is 35.2 Å². The predicted octanol–water partition coefficient (Wildman–Crippen LogP) is 1.63. The monoisotopic (exact) mass is 397 g/mol. The maximum absolute atomic E-state index is 11.6. The highest BCUT2D eigenvalue weighted by molar-refractivity contribution is 7.91. The molecule has 0 bridgehead atoms. The Morgan fingerprint density at radius 1 is 1.46 bits per heavy atom. The fourth-order valence-electron chi connectivity index (χ4n) is 2.63. The van der Waals surface area contributed by atoms with Gasteiger partial charge in [-0.1, -0.05) is 28.9 Å². The molecule has 1 atom stereocenters. The number of hydrogen-bond acceptors (Lipinski definition) is 6. The van der Waals surface area contributed by atoms with Crippen molar-refractivity contribution in [1.82, 2.24) is 20.8 Å². The molecule has 8 nitrogen and oxygen atoms in total. The molecule has 1 aromatic carbocycles. The van der Waals surface area contributed by atoms with E-state index in [9.17, 15) is 8.42 Å². The van der Waals surface area contributed by atoms with Gasteiger partial charge in [0.2, 0.25) is 11.7 Å². The molecule has 2 aromatic rings. The molecule has 0 spiro atoms. The van der Waals surface area contributed by atoms with Crippen molar-refractivity contribution in [1.29, 1.82) is 0 Å². The van der Waals surface area contributed by atoms with E-state index in [0.29, 0.717) is 35.7 Å². The van der Waals surface area contributed by atoms with Gasteiger partial charge in [-0.2, -0.15) is 4.98 Å². The fraction of sp³-hybridized carbons (Fsp3) is 0.438. The van der Waals surface area contributed by atoms with Crippen LogP contribution < -0.4 is 10.6 Å². The summed E-state index contributed by atoms with van der Waals surface area (Å²) in [6.07, 6.45) is 0.576. The van der Waals surface area contributed by atoms with Crippen LogP contribution in [0.25, 0.3) is 11.4 Å². The zero-order valence-electron chi connectivity index (χ0n) is 14.3. The lowest BCUT2D eigenvalue weighted by molar-refractivity contribution is 0.380. The van der Waals surface area contributed by atoms with Crippen molar-refractivity contribution in [3.63, 3.8) is 0 Å². The molecule has 2 heterocycles. The lowest BCUT2D eigenvalue weighted by Gasteiger charge is -2.15. The zero-order valence-corrected chi connectivity index (χ0v) is 15.8. The molecule has 1 aliphatic rings. The van der Waals surface area contributed by atoms with Crippen molar-refractivity contribution in [3.8, 4) is 11.4 Å². The Hall–Kier alpha value is -2.13. The van der Waals surface area contributed by atoms with Crippen molar-refractivity contribution < 1.29 is 12.9 Å². The normalized spacial score (nSPS) is 19.5. The van der Waals surface area contributed by atoms with Gasteiger partial charge in [-0.15, -0.1) is 0 Å². The summed E-state index contributed by atoms with van der Waals surface area (Å²) >= 11 is 5.97. The van der Waals surface area contributed by atoms with Crippen LogP contribution in [0, 0.1) is 0 Å². The van der Waals surface area contributed by atoms with Crippen LogP contribution in [0.4, 0.5) is 0 Å². The standard InChI is InChI=1S/C16H20ClN5O3S/c1-2-18-16(20-13-6-7-26(23,24)10-13)19-9-14-21-15(22-25-14)11-4-3-5-12(17)8-11/h3-5,8,13H,2,6-7,9-10H2,1H3,(H2,18,19,20). The summed E-state index contributed by atoms with van der Waals surface area (Å²) in [5.74, 6) is 1.65. The number of benzene rings is 1.